The predicted molar refractivity (Wildman–Crippen MR) is 128 cm³/mol. The van der Waals surface area contributed by atoms with Gasteiger partial charge in [-0.25, -0.2) is 18.1 Å². The van der Waals surface area contributed by atoms with Crippen LogP contribution in [0.25, 0.3) is 0 Å². The van der Waals surface area contributed by atoms with Gasteiger partial charge in [0, 0.05) is 26.2 Å². The molecule has 0 aromatic heterocycles. The van der Waals surface area contributed by atoms with E-state index >= 15 is 0 Å². The van der Waals surface area contributed by atoms with E-state index in [-0.39, 0.29) is 35.0 Å². The fraction of sp³-hybridized carbons (Fsp3) is 0.650. The Hall–Kier alpha value is -0.910. The van der Waals surface area contributed by atoms with Crippen molar-refractivity contribution in [3.8, 4) is 0 Å². The van der Waals surface area contributed by atoms with Crippen molar-refractivity contribution in [2.24, 2.45) is 10.9 Å². The van der Waals surface area contributed by atoms with Crippen LogP contribution >= 0.6 is 24.0 Å². The summed E-state index contributed by atoms with van der Waals surface area (Å²) in [4.78, 5) is 4.84. The molecule has 1 aromatic carbocycles. The van der Waals surface area contributed by atoms with Crippen LogP contribution in [0.3, 0.4) is 0 Å². The van der Waals surface area contributed by atoms with Crippen LogP contribution in [0.2, 0.25) is 0 Å². The number of aliphatic imine (C=N–C) groups is 1. The van der Waals surface area contributed by atoms with Gasteiger partial charge in [0.15, 0.2) is 5.96 Å². The SMILES string of the molecule is CCNC(=NCc1ccc(S(=O)(=O)NCC2CCCO2)cc1)NCCC(C)C.I. The molecule has 9 heteroatoms. The molecule has 2 rings (SSSR count). The van der Waals surface area contributed by atoms with Crippen LogP contribution in [-0.2, 0) is 21.3 Å². The van der Waals surface area contributed by atoms with E-state index in [9.17, 15) is 8.42 Å². The molecule has 1 aliphatic rings. The van der Waals surface area contributed by atoms with Crippen LogP contribution in [0.5, 0.6) is 0 Å². The highest BCUT2D eigenvalue weighted by atomic mass is 127. The normalized spacial score (nSPS) is 17.2. The van der Waals surface area contributed by atoms with Crippen molar-refractivity contribution in [3.05, 3.63) is 29.8 Å². The van der Waals surface area contributed by atoms with Crippen molar-refractivity contribution in [1.82, 2.24) is 15.4 Å². The lowest BCUT2D eigenvalue weighted by Gasteiger charge is -2.13. The molecule has 1 heterocycles. The van der Waals surface area contributed by atoms with Gasteiger partial charge < -0.3 is 15.4 Å². The van der Waals surface area contributed by atoms with Gasteiger partial charge in [0.05, 0.1) is 17.5 Å². The van der Waals surface area contributed by atoms with Crippen LogP contribution in [0.15, 0.2) is 34.2 Å². The van der Waals surface area contributed by atoms with E-state index in [0.29, 0.717) is 25.6 Å². The molecule has 0 radical (unpaired) electrons. The van der Waals surface area contributed by atoms with Gasteiger partial charge in [0.2, 0.25) is 10.0 Å². The maximum absolute atomic E-state index is 12.4. The van der Waals surface area contributed by atoms with Crippen molar-refractivity contribution < 1.29 is 13.2 Å². The second-order valence-corrected chi connectivity index (χ2v) is 9.20. The third kappa shape index (κ3) is 9.63. The lowest BCUT2D eigenvalue weighted by atomic mass is 10.1. The summed E-state index contributed by atoms with van der Waals surface area (Å²) in [5.74, 6) is 1.41. The Balaban J connectivity index is 0.00000420. The minimum absolute atomic E-state index is 0. The van der Waals surface area contributed by atoms with Crippen LogP contribution in [0.1, 0.15) is 45.6 Å². The number of halogens is 1. The molecule has 0 bridgehead atoms. The standard InChI is InChI=1S/C20H34N4O3S.HI/c1-4-21-20(22-12-11-16(2)3)23-14-17-7-9-19(10-8-17)28(25,26)24-15-18-6-5-13-27-18;/h7-10,16,18,24H,4-6,11-15H2,1-3H3,(H2,21,22,23);1H. The second kappa shape index (κ2) is 13.4. The van der Waals surface area contributed by atoms with Crippen LogP contribution in [0, 0.1) is 5.92 Å². The topological polar surface area (TPSA) is 91.8 Å². The monoisotopic (exact) mass is 538 g/mol. The highest BCUT2D eigenvalue weighted by Gasteiger charge is 2.20. The van der Waals surface area contributed by atoms with Crippen LogP contribution in [0.4, 0.5) is 0 Å². The van der Waals surface area contributed by atoms with Crippen molar-refractivity contribution in [1.29, 1.82) is 0 Å². The Morgan fingerprint density at radius 3 is 2.55 bits per heavy atom. The first kappa shape index (κ1) is 26.1. The summed E-state index contributed by atoms with van der Waals surface area (Å²) in [6.45, 7) is 9.60. The molecule has 0 saturated carbocycles. The first-order chi connectivity index (χ1) is 13.4. The number of hydrogen-bond donors (Lipinski definition) is 3. The number of sulfonamides is 1. The summed E-state index contributed by atoms with van der Waals surface area (Å²) in [7, 11) is -3.52. The molecule has 1 fully saturated rings. The molecule has 1 aromatic rings. The minimum atomic E-state index is -3.52. The zero-order chi connectivity index (χ0) is 20.4. The lowest BCUT2D eigenvalue weighted by molar-refractivity contribution is 0.114. The number of nitrogens with one attached hydrogen (secondary N) is 3. The first-order valence-corrected chi connectivity index (χ1v) is 11.6. The average molecular weight is 538 g/mol. The summed E-state index contributed by atoms with van der Waals surface area (Å²) in [5, 5.41) is 6.55. The first-order valence-electron chi connectivity index (χ1n) is 10.1. The van der Waals surface area contributed by atoms with Crippen LogP contribution in [-0.4, -0.2) is 46.7 Å². The van der Waals surface area contributed by atoms with E-state index in [2.05, 4.69) is 34.2 Å². The molecule has 29 heavy (non-hydrogen) atoms. The van der Waals surface area contributed by atoms with E-state index < -0.39 is 10.0 Å². The molecule has 0 spiro atoms. The van der Waals surface area contributed by atoms with E-state index in [1.165, 1.54) is 0 Å². The Kier molecular flexibility index (Phi) is 12.1. The highest BCUT2D eigenvalue weighted by molar-refractivity contribution is 14.0. The smallest absolute Gasteiger partial charge is 0.240 e. The zero-order valence-electron chi connectivity index (χ0n) is 17.6. The summed E-state index contributed by atoms with van der Waals surface area (Å²) in [6.07, 6.45) is 2.95. The van der Waals surface area contributed by atoms with Gasteiger partial charge in [-0.3, -0.25) is 0 Å². The molecule has 0 amide bonds. The van der Waals surface area contributed by atoms with Gasteiger partial charge in [0.25, 0.3) is 0 Å². The van der Waals surface area contributed by atoms with Gasteiger partial charge >= 0.3 is 0 Å². The van der Waals surface area contributed by atoms with Crippen molar-refractivity contribution in [2.75, 3.05) is 26.2 Å². The van der Waals surface area contributed by atoms with Gasteiger partial charge in [0.1, 0.15) is 0 Å². The molecule has 166 valence electrons. The van der Waals surface area contributed by atoms with Gasteiger partial charge in [-0.15, -0.1) is 24.0 Å². The largest absolute Gasteiger partial charge is 0.377 e. The minimum Gasteiger partial charge on any atom is -0.377 e. The highest BCUT2D eigenvalue weighted by Crippen LogP contribution is 2.14. The zero-order valence-corrected chi connectivity index (χ0v) is 20.8. The molecule has 1 aliphatic heterocycles. The van der Waals surface area contributed by atoms with Crippen molar-refractivity contribution in [3.63, 3.8) is 0 Å². The van der Waals surface area contributed by atoms with Crippen molar-refractivity contribution in [2.45, 2.75) is 57.6 Å². The molecule has 0 aliphatic carbocycles. The number of hydrogen-bond acceptors (Lipinski definition) is 4. The predicted octanol–water partition coefficient (Wildman–Crippen LogP) is 2.86. The third-order valence-corrected chi connectivity index (χ3v) is 5.98. The van der Waals surface area contributed by atoms with E-state index in [1.807, 2.05) is 19.1 Å². The summed E-state index contributed by atoms with van der Waals surface area (Å²) >= 11 is 0. The average Bonchev–Trinajstić information content (AvgIpc) is 3.18. The number of guanidine groups is 1. The van der Waals surface area contributed by atoms with E-state index in [4.69, 9.17) is 4.74 Å². The van der Waals surface area contributed by atoms with Crippen molar-refractivity contribution >= 4 is 40.0 Å². The number of rotatable bonds is 10. The van der Waals surface area contributed by atoms with Gasteiger partial charge in [-0.2, -0.15) is 0 Å². The fourth-order valence-corrected chi connectivity index (χ4v) is 3.92. The summed E-state index contributed by atoms with van der Waals surface area (Å²) in [6, 6.07) is 6.87. The number of nitrogens with zero attached hydrogens (tertiary/aromatic N) is 1. The summed E-state index contributed by atoms with van der Waals surface area (Å²) in [5.41, 5.74) is 0.958. The molecule has 1 atom stereocenters. The Morgan fingerprint density at radius 1 is 1.24 bits per heavy atom. The summed E-state index contributed by atoms with van der Waals surface area (Å²) < 4.78 is 32.9. The van der Waals surface area contributed by atoms with Crippen LogP contribution < -0.4 is 15.4 Å². The third-order valence-electron chi connectivity index (χ3n) is 4.54. The lowest BCUT2D eigenvalue weighted by Crippen LogP contribution is -2.38. The number of benzene rings is 1. The maximum Gasteiger partial charge on any atom is 0.240 e. The Bertz CT molecular complexity index is 718. The van der Waals surface area contributed by atoms with E-state index in [1.54, 1.807) is 12.1 Å². The van der Waals surface area contributed by atoms with Gasteiger partial charge in [-0.05, 0) is 49.8 Å². The number of ether oxygens (including phenoxy) is 1. The fourth-order valence-electron chi connectivity index (χ4n) is 2.86. The van der Waals surface area contributed by atoms with E-state index in [0.717, 1.165) is 43.9 Å². The maximum atomic E-state index is 12.4. The Labute approximate surface area is 192 Å². The molecule has 1 saturated heterocycles. The molecular formula is C20H35IN4O3S. The second-order valence-electron chi connectivity index (χ2n) is 7.44. The van der Waals surface area contributed by atoms with Gasteiger partial charge in [-0.1, -0.05) is 26.0 Å². The molecule has 1 unspecified atom stereocenters. The molecular weight excluding hydrogens is 503 g/mol. The molecule has 3 N–H and O–H groups in total. The Morgan fingerprint density at radius 2 is 1.97 bits per heavy atom. The quantitative estimate of drug-likeness (QED) is 0.242. The molecule has 7 nitrogen and oxygen atoms in total.